The van der Waals surface area contributed by atoms with Crippen molar-refractivity contribution in [3.05, 3.63) is 18.0 Å². The lowest BCUT2D eigenvalue weighted by atomic mass is 10.4. The first-order chi connectivity index (χ1) is 9.79. The maximum atomic E-state index is 5.66. The zero-order chi connectivity index (χ0) is 14.2. The highest BCUT2D eigenvalue weighted by Crippen LogP contribution is 2.28. The first-order valence-corrected chi connectivity index (χ1v) is 7.26. The molecule has 0 amide bonds. The van der Waals surface area contributed by atoms with E-state index in [1.54, 1.807) is 6.26 Å². The van der Waals surface area contributed by atoms with Crippen LogP contribution in [0.25, 0.3) is 0 Å². The number of aromatic nitrogens is 1. The van der Waals surface area contributed by atoms with Crippen molar-refractivity contribution in [2.45, 2.75) is 26.3 Å². The third-order valence-corrected chi connectivity index (χ3v) is 3.20. The van der Waals surface area contributed by atoms with Crippen molar-refractivity contribution in [3.63, 3.8) is 0 Å². The monoisotopic (exact) mass is 280 g/mol. The molecule has 0 spiro atoms. The summed E-state index contributed by atoms with van der Waals surface area (Å²) < 4.78 is 10.5. The van der Waals surface area contributed by atoms with Crippen LogP contribution in [0.15, 0.2) is 21.8 Å². The van der Waals surface area contributed by atoms with Crippen molar-refractivity contribution in [2.24, 2.45) is 10.9 Å². The number of likely N-dealkylation sites (N-methyl/N-ethyl adjacent to an activating group) is 1. The molecule has 2 rings (SSSR count). The molecule has 20 heavy (non-hydrogen) atoms. The largest absolute Gasteiger partial charge is 0.379 e. The van der Waals surface area contributed by atoms with Gasteiger partial charge in [0, 0.05) is 32.8 Å². The Morgan fingerprint density at radius 2 is 2.45 bits per heavy atom. The van der Waals surface area contributed by atoms with Gasteiger partial charge in [-0.2, -0.15) is 0 Å². The highest BCUT2D eigenvalue weighted by molar-refractivity contribution is 5.79. The Hall–Kier alpha value is -1.56. The number of aliphatic imine (C=N–C) groups is 1. The number of ether oxygens (including phenoxy) is 1. The van der Waals surface area contributed by atoms with Crippen LogP contribution in [0.1, 0.15) is 25.5 Å². The van der Waals surface area contributed by atoms with Crippen LogP contribution in [-0.4, -0.2) is 49.4 Å². The Labute approximate surface area is 120 Å². The van der Waals surface area contributed by atoms with Gasteiger partial charge < -0.3 is 19.5 Å². The number of nitrogens with one attached hydrogen (secondary N) is 1. The summed E-state index contributed by atoms with van der Waals surface area (Å²) in [6.45, 7) is 5.89. The number of guanidine groups is 1. The standard InChI is InChI=1S/C14H24N4O2/c1-3-15-14(16-10-13-6-8-20-17-13)18(2)7-9-19-11-12-4-5-12/h6,8,12H,3-5,7,9-11H2,1-2H3,(H,15,16). The van der Waals surface area contributed by atoms with Crippen molar-refractivity contribution in [3.8, 4) is 0 Å². The van der Waals surface area contributed by atoms with Crippen LogP contribution >= 0.6 is 0 Å². The average Bonchev–Trinajstić information content (AvgIpc) is 3.13. The predicted octanol–water partition coefficient (Wildman–Crippen LogP) is 1.50. The summed E-state index contributed by atoms with van der Waals surface area (Å²) in [5.41, 5.74) is 0.832. The second-order valence-corrected chi connectivity index (χ2v) is 5.10. The highest BCUT2D eigenvalue weighted by atomic mass is 16.5. The Balaban J connectivity index is 1.74. The zero-order valence-corrected chi connectivity index (χ0v) is 12.3. The molecule has 1 N–H and O–H groups in total. The van der Waals surface area contributed by atoms with Gasteiger partial charge in [-0.15, -0.1) is 0 Å². The van der Waals surface area contributed by atoms with E-state index in [4.69, 9.17) is 9.26 Å². The number of hydrogen-bond donors (Lipinski definition) is 1. The molecule has 6 heteroatoms. The van der Waals surface area contributed by atoms with E-state index in [2.05, 4.69) is 27.3 Å². The van der Waals surface area contributed by atoms with E-state index in [9.17, 15) is 0 Å². The molecule has 1 aromatic heterocycles. The molecule has 0 aromatic carbocycles. The van der Waals surface area contributed by atoms with Crippen LogP contribution < -0.4 is 5.32 Å². The molecule has 0 unspecified atom stereocenters. The summed E-state index contributed by atoms with van der Waals surface area (Å²) in [6, 6.07) is 1.83. The number of nitrogens with zero attached hydrogens (tertiary/aromatic N) is 3. The molecule has 112 valence electrons. The zero-order valence-electron chi connectivity index (χ0n) is 12.3. The molecule has 1 fully saturated rings. The Morgan fingerprint density at radius 1 is 1.60 bits per heavy atom. The molecule has 1 aliphatic rings. The second-order valence-electron chi connectivity index (χ2n) is 5.10. The molecule has 0 atom stereocenters. The van der Waals surface area contributed by atoms with Gasteiger partial charge in [-0.05, 0) is 25.7 Å². The van der Waals surface area contributed by atoms with Crippen molar-refractivity contribution in [1.29, 1.82) is 0 Å². The summed E-state index contributed by atoms with van der Waals surface area (Å²) in [7, 11) is 2.02. The molecular weight excluding hydrogens is 256 g/mol. The molecule has 1 saturated carbocycles. The quantitative estimate of drug-likeness (QED) is 0.444. The second kappa shape index (κ2) is 7.89. The first kappa shape index (κ1) is 14.8. The smallest absolute Gasteiger partial charge is 0.194 e. The van der Waals surface area contributed by atoms with Gasteiger partial charge in [0.2, 0.25) is 0 Å². The fraction of sp³-hybridized carbons (Fsp3) is 0.714. The maximum Gasteiger partial charge on any atom is 0.194 e. The summed E-state index contributed by atoms with van der Waals surface area (Å²) in [5.74, 6) is 1.68. The molecule has 0 bridgehead atoms. The molecule has 0 radical (unpaired) electrons. The van der Waals surface area contributed by atoms with Crippen LogP contribution in [0.2, 0.25) is 0 Å². The summed E-state index contributed by atoms with van der Waals surface area (Å²) in [6.07, 6.45) is 4.22. The van der Waals surface area contributed by atoms with E-state index in [0.29, 0.717) is 6.54 Å². The SMILES string of the molecule is CCNC(=NCc1ccon1)N(C)CCOCC1CC1. The van der Waals surface area contributed by atoms with Crippen molar-refractivity contribution in [1.82, 2.24) is 15.4 Å². The molecule has 0 saturated heterocycles. The lowest BCUT2D eigenvalue weighted by Gasteiger charge is -2.21. The average molecular weight is 280 g/mol. The molecule has 1 heterocycles. The van der Waals surface area contributed by atoms with Crippen LogP contribution in [0.5, 0.6) is 0 Å². The number of rotatable bonds is 8. The predicted molar refractivity (Wildman–Crippen MR) is 77.5 cm³/mol. The summed E-state index contributed by atoms with van der Waals surface area (Å²) in [5, 5.41) is 7.13. The Morgan fingerprint density at radius 3 is 3.10 bits per heavy atom. The van der Waals surface area contributed by atoms with Gasteiger partial charge in [0.05, 0.1) is 13.2 Å². The van der Waals surface area contributed by atoms with Gasteiger partial charge in [-0.25, -0.2) is 4.99 Å². The molecule has 1 aliphatic carbocycles. The molecular formula is C14H24N4O2. The minimum Gasteiger partial charge on any atom is -0.379 e. The van der Waals surface area contributed by atoms with E-state index in [0.717, 1.165) is 43.9 Å². The molecule has 1 aromatic rings. The highest BCUT2D eigenvalue weighted by Gasteiger charge is 2.21. The van der Waals surface area contributed by atoms with Crippen molar-refractivity contribution in [2.75, 3.05) is 33.4 Å². The summed E-state index contributed by atoms with van der Waals surface area (Å²) >= 11 is 0. The van der Waals surface area contributed by atoms with Gasteiger partial charge in [0.1, 0.15) is 12.0 Å². The fourth-order valence-electron chi connectivity index (χ4n) is 1.79. The van der Waals surface area contributed by atoms with Gasteiger partial charge in [0.15, 0.2) is 5.96 Å². The van der Waals surface area contributed by atoms with E-state index < -0.39 is 0 Å². The van der Waals surface area contributed by atoms with Gasteiger partial charge in [-0.3, -0.25) is 0 Å². The van der Waals surface area contributed by atoms with Crippen LogP contribution in [0, 0.1) is 5.92 Å². The lowest BCUT2D eigenvalue weighted by molar-refractivity contribution is 0.115. The summed E-state index contributed by atoms with van der Waals surface area (Å²) in [4.78, 5) is 6.62. The normalized spacial score (nSPS) is 15.4. The van der Waals surface area contributed by atoms with Crippen molar-refractivity contribution < 1.29 is 9.26 Å². The van der Waals surface area contributed by atoms with E-state index in [1.807, 2.05) is 13.1 Å². The third kappa shape index (κ3) is 5.21. The van der Waals surface area contributed by atoms with Gasteiger partial charge in [-0.1, -0.05) is 5.16 Å². The lowest BCUT2D eigenvalue weighted by Crippen LogP contribution is -2.40. The topological polar surface area (TPSA) is 62.9 Å². The maximum absolute atomic E-state index is 5.66. The van der Waals surface area contributed by atoms with E-state index in [1.165, 1.54) is 12.8 Å². The fourth-order valence-corrected chi connectivity index (χ4v) is 1.79. The van der Waals surface area contributed by atoms with Crippen molar-refractivity contribution >= 4 is 5.96 Å². The number of hydrogen-bond acceptors (Lipinski definition) is 4. The van der Waals surface area contributed by atoms with Gasteiger partial charge in [0.25, 0.3) is 0 Å². The minimum atomic E-state index is 0.520. The van der Waals surface area contributed by atoms with E-state index >= 15 is 0 Å². The third-order valence-electron chi connectivity index (χ3n) is 3.20. The van der Waals surface area contributed by atoms with Crippen LogP contribution in [0.4, 0.5) is 0 Å². The van der Waals surface area contributed by atoms with E-state index in [-0.39, 0.29) is 0 Å². The first-order valence-electron chi connectivity index (χ1n) is 7.26. The molecule has 0 aliphatic heterocycles. The Bertz CT molecular complexity index is 401. The minimum absolute atomic E-state index is 0.520. The van der Waals surface area contributed by atoms with Crippen LogP contribution in [-0.2, 0) is 11.3 Å². The Kier molecular flexibility index (Phi) is 5.86. The van der Waals surface area contributed by atoms with Gasteiger partial charge >= 0.3 is 0 Å². The van der Waals surface area contributed by atoms with Crippen LogP contribution in [0.3, 0.4) is 0 Å². The molecule has 6 nitrogen and oxygen atoms in total.